The Kier molecular flexibility index (Phi) is 5.80. The predicted octanol–water partition coefficient (Wildman–Crippen LogP) is 4.02. The first-order valence-electron chi connectivity index (χ1n) is 7.43. The molecule has 0 aliphatic carbocycles. The first-order chi connectivity index (χ1) is 9.68. The molecule has 3 nitrogen and oxygen atoms in total. The molecule has 0 aromatic carbocycles. The van der Waals surface area contributed by atoms with E-state index in [0.29, 0.717) is 12.0 Å². The van der Waals surface area contributed by atoms with Gasteiger partial charge in [-0.1, -0.05) is 19.9 Å². The van der Waals surface area contributed by atoms with Crippen LogP contribution >= 0.6 is 11.3 Å². The summed E-state index contributed by atoms with van der Waals surface area (Å²) in [6, 6.07) is 4.86. The predicted molar refractivity (Wildman–Crippen MR) is 86.1 cm³/mol. The maximum Gasteiger partial charge on any atom is 0.105 e. The summed E-state index contributed by atoms with van der Waals surface area (Å²) >= 11 is 1.85. The van der Waals surface area contributed by atoms with Crippen molar-refractivity contribution in [1.82, 2.24) is 14.9 Å². The van der Waals surface area contributed by atoms with E-state index in [9.17, 15) is 0 Å². The van der Waals surface area contributed by atoms with Gasteiger partial charge in [-0.15, -0.1) is 11.3 Å². The monoisotopic (exact) mass is 291 g/mol. The maximum absolute atomic E-state index is 4.25. The van der Waals surface area contributed by atoms with E-state index in [1.165, 1.54) is 17.7 Å². The Balaban J connectivity index is 1.70. The van der Waals surface area contributed by atoms with Crippen molar-refractivity contribution >= 4 is 11.3 Å². The normalized spacial score (nSPS) is 13.0. The van der Waals surface area contributed by atoms with Gasteiger partial charge in [-0.25, -0.2) is 4.98 Å². The van der Waals surface area contributed by atoms with E-state index in [1.54, 1.807) is 0 Å². The second kappa shape index (κ2) is 7.60. The zero-order valence-corrected chi connectivity index (χ0v) is 13.5. The van der Waals surface area contributed by atoms with Gasteiger partial charge in [-0.3, -0.25) is 0 Å². The highest BCUT2D eigenvalue weighted by molar-refractivity contribution is 7.10. The van der Waals surface area contributed by atoms with E-state index in [0.717, 1.165) is 18.9 Å². The minimum absolute atomic E-state index is 0.491. The highest BCUT2D eigenvalue weighted by atomic mass is 32.1. The quantitative estimate of drug-likeness (QED) is 0.744. The second-order valence-corrected chi connectivity index (χ2v) is 6.55. The van der Waals surface area contributed by atoms with Crippen LogP contribution in [0, 0.1) is 12.8 Å². The van der Waals surface area contributed by atoms with Crippen LogP contribution in [0.5, 0.6) is 0 Å². The number of aromatic nitrogens is 2. The van der Waals surface area contributed by atoms with Crippen LogP contribution in [0.25, 0.3) is 0 Å². The average Bonchev–Trinajstić information content (AvgIpc) is 3.05. The molecule has 20 heavy (non-hydrogen) atoms. The van der Waals surface area contributed by atoms with Crippen LogP contribution in [0.15, 0.2) is 29.9 Å². The number of unbranched alkanes of at least 4 members (excludes halogenated alkanes) is 1. The van der Waals surface area contributed by atoms with Gasteiger partial charge in [0.2, 0.25) is 0 Å². The summed E-state index contributed by atoms with van der Waals surface area (Å²) in [6.45, 7) is 8.77. The summed E-state index contributed by atoms with van der Waals surface area (Å²) in [5.41, 5.74) is 0. The Morgan fingerprint density at radius 2 is 2.20 bits per heavy atom. The topological polar surface area (TPSA) is 29.9 Å². The minimum atomic E-state index is 0.491. The van der Waals surface area contributed by atoms with Gasteiger partial charge in [0.15, 0.2) is 0 Å². The Morgan fingerprint density at radius 3 is 2.80 bits per heavy atom. The third kappa shape index (κ3) is 4.18. The van der Waals surface area contributed by atoms with E-state index < -0.39 is 0 Å². The SMILES string of the molecule is Cc1nccn1CCCCN[C@H](c1cccs1)C(C)C. The van der Waals surface area contributed by atoms with Gasteiger partial charge in [0.05, 0.1) is 0 Å². The molecule has 0 unspecified atom stereocenters. The van der Waals surface area contributed by atoms with Crippen molar-refractivity contribution in [3.05, 3.63) is 40.6 Å². The van der Waals surface area contributed by atoms with Gasteiger partial charge in [-0.05, 0) is 43.7 Å². The Bertz CT molecular complexity index is 488. The highest BCUT2D eigenvalue weighted by Gasteiger charge is 2.15. The van der Waals surface area contributed by atoms with Gasteiger partial charge in [-0.2, -0.15) is 0 Å². The molecule has 0 amide bonds. The fraction of sp³-hybridized carbons (Fsp3) is 0.562. The number of rotatable bonds is 8. The molecule has 2 aromatic heterocycles. The lowest BCUT2D eigenvalue weighted by molar-refractivity contribution is 0.409. The Labute approximate surface area is 126 Å². The van der Waals surface area contributed by atoms with Gasteiger partial charge >= 0.3 is 0 Å². The molecule has 110 valence electrons. The molecule has 0 spiro atoms. The summed E-state index contributed by atoms with van der Waals surface area (Å²) in [4.78, 5) is 5.70. The van der Waals surface area contributed by atoms with E-state index in [1.807, 2.05) is 17.5 Å². The molecule has 1 N–H and O–H groups in total. The molecule has 1 atom stereocenters. The Hall–Kier alpha value is -1.13. The van der Waals surface area contributed by atoms with Crippen molar-refractivity contribution in [2.75, 3.05) is 6.54 Å². The van der Waals surface area contributed by atoms with Crippen molar-refractivity contribution in [1.29, 1.82) is 0 Å². The van der Waals surface area contributed by atoms with E-state index in [-0.39, 0.29) is 0 Å². The van der Waals surface area contributed by atoms with Crippen LogP contribution in [-0.4, -0.2) is 16.1 Å². The molecule has 0 saturated heterocycles. The van der Waals surface area contributed by atoms with Crippen molar-refractivity contribution in [2.24, 2.45) is 5.92 Å². The molecule has 0 aliphatic heterocycles. The van der Waals surface area contributed by atoms with Crippen LogP contribution in [0.2, 0.25) is 0 Å². The molecular weight excluding hydrogens is 266 g/mol. The number of nitrogens with zero attached hydrogens (tertiary/aromatic N) is 2. The van der Waals surface area contributed by atoms with Crippen LogP contribution in [0.1, 0.15) is 43.4 Å². The molecule has 0 radical (unpaired) electrons. The second-order valence-electron chi connectivity index (χ2n) is 5.57. The summed E-state index contributed by atoms with van der Waals surface area (Å²) in [7, 11) is 0. The van der Waals surface area contributed by atoms with Crippen LogP contribution in [0.3, 0.4) is 0 Å². The van der Waals surface area contributed by atoms with E-state index >= 15 is 0 Å². The number of aryl methyl sites for hydroxylation is 2. The highest BCUT2D eigenvalue weighted by Crippen LogP contribution is 2.25. The van der Waals surface area contributed by atoms with Crippen LogP contribution in [0.4, 0.5) is 0 Å². The third-order valence-corrected chi connectivity index (χ3v) is 4.59. The van der Waals surface area contributed by atoms with Crippen LogP contribution < -0.4 is 5.32 Å². The lowest BCUT2D eigenvalue weighted by Gasteiger charge is -2.21. The zero-order valence-electron chi connectivity index (χ0n) is 12.7. The minimum Gasteiger partial charge on any atom is -0.335 e. The molecule has 2 rings (SSSR count). The number of imidazole rings is 1. The lowest BCUT2D eigenvalue weighted by atomic mass is 10.0. The number of hydrogen-bond donors (Lipinski definition) is 1. The van der Waals surface area contributed by atoms with Gasteiger partial charge < -0.3 is 9.88 Å². The van der Waals surface area contributed by atoms with Crippen molar-refractivity contribution < 1.29 is 0 Å². The summed E-state index contributed by atoms with van der Waals surface area (Å²) in [5.74, 6) is 1.74. The van der Waals surface area contributed by atoms with Gasteiger partial charge in [0, 0.05) is 29.9 Å². The molecule has 0 saturated carbocycles. The number of hydrogen-bond acceptors (Lipinski definition) is 3. The molecule has 0 fully saturated rings. The van der Waals surface area contributed by atoms with Crippen molar-refractivity contribution in [3.63, 3.8) is 0 Å². The Morgan fingerprint density at radius 1 is 1.35 bits per heavy atom. The summed E-state index contributed by atoms with van der Waals surface area (Å²) in [5, 5.41) is 5.86. The van der Waals surface area contributed by atoms with Crippen molar-refractivity contribution in [3.8, 4) is 0 Å². The largest absolute Gasteiger partial charge is 0.335 e. The van der Waals surface area contributed by atoms with E-state index in [4.69, 9.17) is 0 Å². The molecule has 0 aliphatic rings. The lowest BCUT2D eigenvalue weighted by Crippen LogP contribution is -2.26. The molecule has 2 heterocycles. The smallest absolute Gasteiger partial charge is 0.105 e. The molecular formula is C16H25N3S. The fourth-order valence-electron chi connectivity index (χ4n) is 2.44. The molecule has 2 aromatic rings. The number of nitrogens with one attached hydrogen (secondary N) is 1. The third-order valence-electron chi connectivity index (χ3n) is 3.63. The van der Waals surface area contributed by atoms with Crippen LogP contribution in [-0.2, 0) is 6.54 Å². The first-order valence-corrected chi connectivity index (χ1v) is 8.31. The molecule has 4 heteroatoms. The fourth-order valence-corrected chi connectivity index (χ4v) is 3.41. The summed E-state index contributed by atoms with van der Waals surface area (Å²) < 4.78 is 2.22. The van der Waals surface area contributed by atoms with Gasteiger partial charge in [0.1, 0.15) is 5.82 Å². The van der Waals surface area contributed by atoms with E-state index in [2.05, 4.69) is 59.3 Å². The standard InChI is InChI=1S/C16H25N3S/c1-13(2)16(15-7-6-12-20-15)18-8-4-5-10-19-11-9-17-14(19)3/h6-7,9,11-13,16,18H,4-5,8,10H2,1-3H3/t16-/m0/s1. The zero-order chi connectivity index (χ0) is 14.4. The first kappa shape index (κ1) is 15.3. The number of thiophene rings is 1. The van der Waals surface area contributed by atoms with Gasteiger partial charge in [0.25, 0.3) is 0 Å². The average molecular weight is 291 g/mol. The summed E-state index contributed by atoms with van der Waals surface area (Å²) in [6.07, 6.45) is 6.33. The van der Waals surface area contributed by atoms with Crippen molar-refractivity contribution in [2.45, 2.75) is 46.2 Å². The maximum atomic E-state index is 4.25. The molecule has 0 bridgehead atoms.